The van der Waals surface area contributed by atoms with Crippen LogP contribution in [0.1, 0.15) is 32.3 Å². The summed E-state index contributed by atoms with van der Waals surface area (Å²) in [6.45, 7) is 4.91. The Balaban J connectivity index is 1.87. The number of carbonyl (C=O) groups is 2. The lowest BCUT2D eigenvalue weighted by atomic mass is 9.94. The fourth-order valence-corrected chi connectivity index (χ4v) is 2.60. The van der Waals surface area contributed by atoms with Gasteiger partial charge in [0.1, 0.15) is 6.61 Å². The molecule has 1 aliphatic heterocycles. The Morgan fingerprint density at radius 2 is 2.05 bits per heavy atom. The maximum Gasteiger partial charge on any atom is 0.408 e. The first-order valence-electron chi connectivity index (χ1n) is 7.82. The molecule has 1 aromatic rings. The minimum atomic E-state index is -0.547. The number of alkyl carbamates (subject to hydrolysis) is 1. The molecule has 120 valence electrons. The molecule has 0 radical (unpaired) electrons. The number of Topliss-reactive ketones (excluding diaryl/α,β-unsaturated/α-hetero) is 1. The van der Waals surface area contributed by atoms with Crippen molar-refractivity contribution in [3.05, 3.63) is 35.9 Å². The van der Waals surface area contributed by atoms with Gasteiger partial charge in [0.15, 0.2) is 5.78 Å². The van der Waals surface area contributed by atoms with Crippen molar-refractivity contribution in [2.24, 2.45) is 5.92 Å². The zero-order chi connectivity index (χ0) is 15.9. The molecule has 0 saturated carbocycles. The van der Waals surface area contributed by atoms with Crippen LogP contribution in [0.5, 0.6) is 0 Å². The number of ketones is 1. The Kier molecular flexibility index (Phi) is 5.95. The molecule has 1 aromatic carbocycles. The van der Waals surface area contributed by atoms with Gasteiger partial charge in [-0.1, -0.05) is 44.2 Å². The summed E-state index contributed by atoms with van der Waals surface area (Å²) in [4.78, 5) is 24.4. The van der Waals surface area contributed by atoms with Gasteiger partial charge in [-0.3, -0.25) is 4.79 Å². The van der Waals surface area contributed by atoms with E-state index in [4.69, 9.17) is 4.74 Å². The van der Waals surface area contributed by atoms with Crippen LogP contribution in [0, 0.1) is 5.92 Å². The minimum Gasteiger partial charge on any atom is -0.445 e. The Morgan fingerprint density at radius 1 is 1.32 bits per heavy atom. The normalized spacial score (nSPS) is 19.0. The highest BCUT2D eigenvalue weighted by Crippen LogP contribution is 2.13. The summed E-state index contributed by atoms with van der Waals surface area (Å²) in [5, 5.41) is 5.89. The van der Waals surface area contributed by atoms with Crippen LogP contribution in [0.15, 0.2) is 30.3 Å². The van der Waals surface area contributed by atoms with Gasteiger partial charge in [0.05, 0.1) is 12.1 Å². The standard InChI is InChI=1S/C17H24N2O3/c1-12(2)15(16(20)14-9-6-10-18-14)19-17(21)22-11-13-7-4-3-5-8-13/h3-5,7-8,12,14-15,18H,6,9-11H2,1-2H3,(H,19,21)/t14-,15?/m0/s1. The van der Waals surface area contributed by atoms with E-state index in [1.807, 2.05) is 44.2 Å². The number of hydrogen-bond acceptors (Lipinski definition) is 4. The topological polar surface area (TPSA) is 67.4 Å². The summed E-state index contributed by atoms with van der Waals surface area (Å²) in [7, 11) is 0. The van der Waals surface area contributed by atoms with E-state index in [1.54, 1.807) is 0 Å². The van der Waals surface area contributed by atoms with Gasteiger partial charge in [-0.05, 0) is 30.9 Å². The summed E-state index contributed by atoms with van der Waals surface area (Å²) >= 11 is 0. The van der Waals surface area contributed by atoms with Crippen molar-refractivity contribution < 1.29 is 14.3 Å². The van der Waals surface area contributed by atoms with Crippen molar-refractivity contribution in [3.63, 3.8) is 0 Å². The van der Waals surface area contributed by atoms with Crippen LogP contribution in [0.4, 0.5) is 4.79 Å². The third kappa shape index (κ3) is 4.56. The number of rotatable bonds is 6. The summed E-state index contributed by atoms with van der Waals surface area (Å²) in [5.41, 5.74) is 0.919. The van der Waals surface area contributed by atoms with Crippen molar-refractivity contribution in [2.45, 2.75) is 45.4 Å². The lowest BCUT2D eigenvalue weighted by molar-refractivity contribution is -0.123. The van der Waals surface area contributed by atoms with Crippen molar-refractivity contribution in [3.8, 4) is 0 Å². The van der Waals surface area contributed by atoms with Gasteiger partial charge in [0, 0.05) is 0 Å². The van der Waals surface area contributed by atoms with Crippen LogP contribution < -0.4 is 10.6 Å². The molecule has 1 unspecified atom stereocenters. The zero-order valence-corrected chi connectivity index (χ0v) is 13.2. The highest BCUT2D eigenvalue weighted by atomic mass is 16.5. The second kappa shape index (κ2) is 7.94. The van der Waals surface area contributed by atoms with Gasteiger partial charge < -0.3 is 15.4 Å². The van der Waals surface area contributed by atoms with Gasteiger partial charge in [0.2, 0.25) is 0 Å². The lowest BCUT2D eigenvalue weighted by Gasteiger charge is -2.23. The van der Waals surface area contributed by atoms with Gasteiger partial charge in [-0.15, -0.1) is 0 Å². The van der Waals surface area contributed by atoms with E-state index in [1.165, 1.54) is 0 Å². The van der Waals surface area contributed by atoms with E-state index >= 15 is 0 Å². The van der Waals surface area contributed by atoms with Crippen molar-refractivity contribution in [1.82, 2.24) is 10.6 Å². The molecular formula is C17H24N2O3. The molecule has 2 N–H and O–H groups in total. The molecule has 0 aromatic heterocycles. The number of nitrogens with one attached hydrogen (secondary N) is 2. The van der Waals surface area contributed by atoms with E-state index in [0.29, 0.717) is 0 Å². The third-order valence-electron chi connectivity index (χ3n) is 3.86. The smallest absolute Gasteiger partial charge is 0.408 e. The number of ether oxygens (including phenoxy) is 1. The molecule has 0 bridgehead atoms. The molecule has 5 nitrogen and oxygen atoms in total. The highest BCUT2D eigenvalue weighted by molar-refractivity contribution is 5.92. The van der Waals surface area contributed by atoms with Crippen molar-refractivity contribution >= 4 is 11.9 Å². The van der Waals surface area contributed by atoms with Gasteiger partial charge in [-0.2, -0.15) is 0 Å². The van der Waals surface area contributed by atoms with E-state index in [9.17, 15) is 9.59 Å². The summed E-state index contributed by atoms with van der Waals surface area (Å²) in [6, 6.07) is 8.81. The molecule has 1 saturated heterocycles. The number of benzene rings is 1. The van der Waals surface area contributed by atoms with Crippen LogP contribution in [0.3, 0.4) is 0 Å². The lowest BCUT2D eigenvalue weighted by Crippen LogP contribution is -2.50. The average Bonchev–Trinajstić information content (AvgIpc) is 3.05. The fourth-order valence-electron chi connectivity index (χ4n) is 2.60. The van der Waals surface area contributed by atoms with Gasteiger partial charge in [-0.25, -0.2) is 4.79 Å². The first-order valence-corrected chi connectivity index (χ1v) is 7.82. The maximum atomic E-state index is 12.5. The molecule has 1 aliphatic rings. The van der Waals surface area contributed by atoms with Crippen LogP contribution in [0.2, 0.25) is 0 Å². The highest BCUT2D eigenvalue weighted by Gasteiger charge is 2.32. The van der Waals surface area contributed by atoms with E-state index < -0.39 is 12.1 Å². The molecule has 2 rings (SSSR count). The van der Waals surface area contributed by atoms with Crippen LogP contribution >= 0.6 is 0 Å². The number of amides is 1. The summed E-state index contributed by atoms with van der Waals surface area (Å²) in [6.07, 6.45) is 1.29. The Hall–Kier alpha value is -1.88. The SMILES string of the molecule is CC(C)C(NC(=O)OCc1ccccc1)C(=O)[C@@H]1CCCN1. The largest absolute Gasteiger partial charge is 0.445 e. The van der Waals surface area contributed by atoms with Crippen LogP contribution in [-0.4, -0.2) is 30.5 Å². The molecule has 0 aliphatic carbocycles. The Morgan fingerprint density at radius 3 is 2.64 bits per heavy atom. The first kappa shape index (κ1) is 16.5. The second-order valence-corrected chi connectivity index (χ2v) is 5.98. The minimum absolute atomic E-state index is 0.0270. The van der Waals surface area contributed by atoms with E-state index in [2.05, 4.69) is 10.6 Å². The quantitative estimate of drug-likeness (QED) is 0.846. The summed E-state index contributed by atoms with van der Waals surface area (Å²) in [5.74, 6) is 0.0725. The monoisotopic (exact) mass is 304 g/mol. The number of hydrogen-bond donors (Lipinski definition) is 2. The van der Waals surface area contributed by atoms with Gasteiger partial charge in [0.25, 0.3) is 0 Å². The molecule has 2 atom stereocenters. The van der Waals surface area contributed by atoms with Gasteiger partial charge >= 0.3 is 6.09 Å². The number of carbonyl (C=O) groups excluding carboxylic acids is 2. The molecule has 22 heavy (non-hydrogen) atoms. The zero-order valence-electron chi connectivity index (χ0n) is 13.2. The average molecular weight is 304 g/mol. The van der Waals surface area contributed by atoms with E-state index in [-0.39, 0.29) is 24.3 Å². The molecule has 1 fully saturated rings. The third-order valence-corrected chi connectivity index (χ3v) is 3.86. The molecule has 5 heteroatoms. The van der Waals surface area contributed by atoms with E-state index in [0.717, 1.165) is 24.9 Å². The molecule has 1 heterocycles. The predicted molar refractivity (Wildman–Crippen MR) is 84.4 cm³/mol. The van der Waals surface area contributed by atoms with Crippen LogP contribution in [-0.2, 0) is 16.1 Å². The fraction of sp³-hybridized carbons (Fsp3) is 0.529. The second-order valence-electron chi connectivity index (χ2n) is 5.98. The van der Waals surface area contributed by atoms with Crippen molar-refractivity contribution in [2.75, 3.05) is 6.54 Å². The Bertz CT molecular complexity index is 496. The predicted octanol–water partition coefficient (Wildman–Crippen LogP) is 2.26. The Labute approximate surface area is 131 Å². The molecule has 0 spiro atoms. The summed E-state index contributed by atoms with van der Waals surface area (Å²) < 4.78 is 5.20. The van der Waals surface area contributed by atoms with Crippen molar-refractivity contribution in [1.29, 1.82) is 0 Å². The molecule has 1 amide bonds. The molecular weight excluding hydrogens is 280 g/mol. The maximum absolute atomic E-state index is 12.5. The van der Waals surface area contributed by atoms with Crippen LogP contribution in [0.25, 0.3) is 0 Å². The first-order chi connectivity index (χ1) is 10.6.